The van der Waals surface area contributed by atoms with Gasteiger partial charge < -0.3 is 19.3 Å². The Balaban J connectivity index is 1.60. The number of nitrogens with one attached hydrogen (secondary N) is 1. The summed E-state index contributed by atoms with van der Waals surface area (Å²) >= 11 is 0. The number of benzene rings is 2. The van der Waals surface area contributed by atoms with E-state index in [1.807, 2.05) is 29.2 Å². The molecule has 2 atom stereocenters. The van der Waals surface area contributed by atoms with Crippen LogP contribution in [0.15, 0.2) is 53.5 Å². The predicted octanol–water partition coefficient (Wildman–Crippen LogP) is 2.13. The largest absolute Gasteiger partial charge is 0.495 e. The van der Waals surface area contributed by atoms with Crippen molar-refractivity contribution >= 4 is 29.2 Å². The SMILES string of the molecule is CCOC(=O)[C@@H]1C(=O)NC(N2CCN(c3ccccc3OC)CC2)=N[C@@H]1c1cccc([N+](=O)[O-])c1. The molecule has 0 bridgehead atoms. The van der Waals surface area contributed by atoms with Gasteiger partial charge in [0.2, 0.25) is 11.9 Å². The van der Waals surface area contributed by atoms with Crippen molar-refractivity contribution in [3.05, 3.63) is 64.2 Å². The van der Waals surface area contributed by atoms with E-state index in [4.69, 9.17) is 9.47 Å². The standard InChI is InChI=1S/C24H27N5O6/c1-3-35-23(31)20-21(16-7-6-8-17(15-16)29(32)33)25-24(26-22(20)30)28-13-11-27(12-14-28)18-9-4-5-10-19(18)34-2/h4-10,15,20-21H,3,11-14H2,1-2H3,(H,25,26,30)/t20-,21+/m0/s1. The second-order valence-corrected chi connectivity index (χ2v) is 8.11. The van der Waals surface area contributed by atoms with E-state index >= 15 is 0 Å². The Morgan fingerprint density at radius 2 is 1.86 bits per heavy atom. The van der Waals surface area contributed by atoms with Gasteiger partial charge in [-0.25, -0.2) is 4.99 Å². The Morgan fingerprint density at radius 3 is 2.54 bits per heavy atom. The highest BCUT2D eigenvalue weighted by Crippen LogP contribution is 2.33. The van der Waals surface area contributed by atoms with Crippen LogP contribution in [0.2, 0.25) is 0 Å². The van der Waals surface area contributed by atoms with Crippen LogP contribution in [0, 0.1) is 16.0 Å². The molecular formula is C24H27N5O6. The lowest BCUT2D eigenvalue weighted by Crippen LogP contribution is -2.57. The summed E-state index contributed by atoms with van der Waals surface area (Å²) in [6.45, 7) is 4.23. The topological polar surface area (TPSA) is 127 Å². The van der Waals surface area contributed by atoms with Gasteiger partial charge in [-0.3, -0.25) is 25.0 Å². The first kappa shape index (κ1) is 24.0. The Kier molecular flexibility index (Phi) is 7.14. The Labute approximate surface area is 202 Å². The van der Waals surface area contributed by atoms with Crippen molar-refractivity contribution < 1.29 is 24.0 Å². The highest BCUT2D eigenvalue weighted by molar-refractivity contribution is 6.08. The molecule has 0 aromatic heterocycles. The summed E-state index contributed by atoms with van der Waals surface area (Å²) in [4.78, 5) is 45.3. The number of guanidine groups is 1. The third-order valence-corrected chi connectivity index (χ3v) is 6.06. The summed E-state index contributed by atoms with van der Waals surface area (Å²) in [6, 6.07) is 12.7. The van der Waals surface area contributed by atoms with Crippen LogP contribution in [-0.2, 0) is 14.3 Å². The average Bonchev–Trinajstić information content (AvgIpc) is 2.88. The Morgan fingerprint density at radius 1 is 1.14 bits per heavy atom. The molecule has 1 amide bonds. The Hall–Kier alpha value is -4.15. The molecule has 4 rings (SSSR count). The molecule has 0 spiro atoms. The molecule has 1 N–H and O–H groups in total. The van der Waals surface area contributed by atoms with Gasteiger partial charge >= 0.3 is 5.97 Å². The number of piperazine rings is 1. The first-order valence-corrected chi connectivity index (χ1v) is 11.4. The number of para-hydroxylation sites is 2. The fourth-order valence-corrected chi connectivity index (χ4v) is 4.34. The number of hydrogen-bond acceptors (Lipinski definition) is 9. The minimum absolute atomic E-state index is 0.103. The highest BCUT2D eigenvalue weighted by Gasteiger charge is 2.42. The van der Waals surface area contributed by atoms with E-state index in [9.17, 15) is 19.7 Å². The average molecular weight is 482 g/mol. The zero-order chi connectivity index (χ0) is 24.9. The quantitative estimate of drug-likeness (QED) is 0.288. The second-order valence-electron chi connectivity index (χ2n) is 8.11. The monoisotopic (exact) mass is 481 g/mol. The molecule has 11 nitrogen and oxygen atoms in total. The number of carbonyl (C=O) groups excluding carboxylic acids is 2. The van der Waals surface area contributed by atoms with E-state index in [0.29, 0.717) is 37.7 Å². The smallest absolute Gasteiger partial charge is 0.321 e. The van der Waals surface area contributed by atoms with Crippen LogP contribution in [0.1, 0.15) is 18.5 Å². The zero-order valence-corrected chi connectivity index (χ0v) is 19.5. The van der Waals surface area contributed by atoms with E-state index in [2.05, 4.69) is 15.2 Å². The predicted molar refractivity (Wildman–Crippen MR) is 128 cm³/mol. The number of ether oxygens (including phenoxy) is 2. The van der Waals surface area contributed by atoms with Gasteiger partial charge in [-0.15, -0.1) is 0 Å². The number of non-ortho nitro benzene ring substituents is 1. The van der Waals surface area contributed by atoms with Crippen molar-refractivity contribution in [3.8, 4) is 5.75 Å². The summed E-state index contributed by atoms with van der Waals surface area (Å²) in [5.41, 5.74) is 1.25. The molecule has 35 heavy (non-hydrogen) atoms. The molecule has 2 aromatic carbocycles. The Bertz CT molecular complexity index is 1140. The number of methoxy groups -OCH3 is 1. The van der Waals surface area contributed by atoms with Crippen LogP contribution in [0.3, 0.4) is 0 Å². The van der Waals surface area contributed by atoms with Crippen molar-refractivity contribution in [2.45, 2.75) is 13.0 Å². The fraction of sp³-hybridized carbons (Fsp3) is 0.375. The van der Waals surface area contributed by atoms with E-state index in [1.54, 1.807) is 20.1 Å². The van der Waals surface area contributed by atoms with Crippen molar-refractivity contribution in [2.75, 3.05) is 44.8 Å². The van der Waals surface area contributed by atoms with E-state index in [1.165, 1.54) is 18.2 Å². The number of nitrogens with zero attached hydrogens (tertiary/aromatic N) is 4. The normalized spacial score (nSPS) is 20.1. The van der Waals surface area contributed by atoms with E-state index in [0.717, 1.165) is 11.4 Å². The van der Waals surface area contributed by atoms with Crippen LogP contribution in [0.4, 0.5) is 11.4 Å². The molecule has 2 aliphatic heterocycles. The van der Waals surface area contributed by atoms with Gasteiger partial charge in [-0.2, -0.15) is 0 Å². The van der Waals surface area contributed by atoms with Crippen LogP contribution in [0.5, 0.6) is 5.75 Å². The number of nitro benzene ring substituents is 1. The maximum absolute atomic E-state index is 13.1. The van der Waals surface area contributed by atoms with Crippen molar-refractivity contribution in [2.24, 2.45) is 10.9 Å². The molecule has 2 heterocycles. The van der Waals surface area contributed by atoms with Gasteiger partial charge in [0.1, 0.15) is 11.8 Å². The van der Waals surface area contributed by atoms with Crippen LogP contribution in [-0.4, -0.2) is 67.6 Å². The van der Waals surface area contributed by atoms with Gasteiger partial charge in [0.25, 0.3) is 5.69 Å². The number of carbonyl (C=O) groups is 2. The summed E-state index contributed by atoms with van der Waals surface area (Å²) in [7, 11) is 1.63. The van der Waals surface area contributed by atoms with Crippen molar-refractivity contribution in [1.29, 1.82) is 0 Å². The maximum Gasteiger partial charge on any atom is 0.321 e. The molecule has 0 saturated carbocycles. The number of anilines is 1. The lowest BCUT2D eigenvalue weighted by Gasteiger charge is -2.40. The van der Waals surface area contributed by atoms with E-state index in [-0.39, 0.29) is 12.3 Å². The molecule has 0 aliphatic carbocycles. The van der Waals surface area contributed by atoms with Gasteiger partial charge in [0, 0.05) is 38.3 Å². The molecule has 2 aliphatic rings. The van der Waals surface area contributed by atoms with Crippen LogP contribution in [0.25, 0.3) is 0 Å². The second kappa shape index (κ2) is 10.4. The fourth-order valence-electron chi connectivity index (χ4n) is 4.34. The first-order valence-electron chi connectivity index (χ1n) is 11.4. The van der Waals surface area contributed by atoms with Crippen LogP contribution >= 0.6 is 0 Å². The molecule has 11 heteroatoms. The number of hydrogen-bond donors (Lipinski definition) is 1. The number of amides is 1. The minimum atomic E-state index is -1.24. The molecule has 1 saturated heterocycles. The van der Waals surface area contributed by atoms with Crippen molar-refractivity contribution in [3.63, 3.8) is 0 Å². The minimum Gasteiger partial charge on any atom is -0.495 e. The maximum atomic E-state index is 13.1. The highest BCUT2D eigenvalue weighted by atomic mass is 16.6. The molecule has 0 unspecified atom stereocenters. The first-order chi connectivity index (χ1) is 16.9. The van der Waals surface area contributed by atoms with Gasteiger partial charge in [0.05, 0.1) is 24.3 Å². The lowest BCUT2D eigenvalue weighted by atomic mass is 9.91. The van der Waals surface area contributed by atoms with Crippen LogP contribution < -0.4 is 15.0 Å². The summed E-state index contributed by atoms with van der Waals surface area (Å²) in [5.74, 6) is -1.38. The van der Waals surface area contributed by atoms with Gasteiger partial charge in [-0.05, 0) is 24.6 Å². The third-order valence-electron chi connectivity index (χ3n) is 6.06. The molecular weight excluding hydrogens is 454 g/mol. The van der Waals surface area contributed by atoms with Gasteiger partial charge in [0.15, 0.2) is 5.92 Å². The number of rotatable bonds is 6. The van der Waals surface area contributed by atoms with E-state index < -0.39 is 28.8 Å². The van der Waals surface area contributed by atoms with Crippen molar-refractivity contribution in [1.82, 2.24) is 10.2 Å². The summed E-state index contributed by atoms with van der Waals surface area (Å²) < 4.78 is 10.6. The molecule has 2 aromatic rings. The number of nitro groups is 1. The lowest BCUT2D eigenvalue weighted by molar-refractivity contribution is -0.384. The van der Waals surface area contributed by atoms with Gasteiger partial charge in [-0.1, -0.05) is 24.3 Å². The summed E-state index contributed by atoms with van der Waals surface area (Å²) in [5, 5.41) is 14.0. The number of aliphatic imine (C=N–C) groups is 1. The molecule has 0 radical (unpaired) electrons. The number of esters is 1. The zero-order valence-electron chi connectivity index (χ0n) is 19.5. The third kappa shape index (κ3) is 5.03. The molecule has 1 fully saturated rings. The summed E-state index contributed by atoms with van der Waals surface area (Å²) in [6.07, 6.45) is 0. The molecule has 184 valence electrons.